The fourth-order valence-electron chi connectivity index (χ4n) is 2.12. The number of benzene rings is 2. The summed E-state index contributed by atoms with van der Waals surface area (Å²) < 4.78 is 0. The molecule has 1 aliphatic heterocycles. The van der Waals surface area contributed by atoms with E-state index in [4.69, 9.17) is 11.6 Å². The lowest BCUT2D eigenvalue weighted by atomic mass is 10.0. The lowest BCUT2D eigenvalue weighted by Gasteiger charge is -2.14. The standard InChI is InChI=1S/C16H14ClN3S/c1-18-16-20-19-15(10-21-16)12-8-6-11(7-9-12)13-4-2-3-5-14(13)17/h2-9H,10H2,1H3,(H,18,20). The molecule has 1 N–H and O–H groups in total. The molecule has 0 aliphatic carbocycles. The zero-order valence-electron chi connectivity index (χ0n) is 11.5. The van der Waals surface area contributed by atoms with Crippen LogP contribution in [0.3, 0.4) is 0 Å². The Balaban J connectivity index is 1.85. The highest BCUT2D eigenvalue weighted by molar-refractivity contribution is 8.14. The summed E-state index contributed by atoms with van der Waals surface area (Å²) in [6.45, 7) is 0. The van der Waals surface area contributed by atoms with Crippen molar-refractivity contribution >= 4 is 34.2 Å². The van der Waals surface area contributed by atoms with Crippen LogP contribution >= 0.6 is 23.4 Å². The van der Waals surface area contributed by atoms with Crippen molar-refractivity contribution in [2.24, 2.45) is 10.1 Å². The van der Waals surface area contributed by atoms with Gasteiger partial charge >= 0.3 is 0 Å². The number of halogens is 1. The summed E-state index contributed by atoms with van der Waals surface area (Å²) >= 11 is 7.89. The van der Waals surface area contributed by atoms with Crippen LogP contribution in [0.5, 0.6) is 0 Å². The predicted octanol–water partition coefficient (Wildman–Crippen LogP) is 4.03. The van der Waals surface area contributed by atoms with Crippen molar-refractivity contribution in [2.75, 3.05) is 12.8 Å². The van der Waals surface area contributed by atoms with Crippen LogP contribution in [-0.2, 0) is 0 Å². The lowest BCUT2D eigenvalue weighted by Crippen LogP contribution is -2.25. The number of nitrogens with one attached hydrogen (secondary N) is 1. The van der Waals surface area contributed by atoms with Crippen LogP contribution in [0.15, 0.2) is 58.6 Å². The monoisotopic (exact) mass is 315 g/mol. The van der Waals surface area contributed by atoms with Crippen LogP contribution in [0, 0.1) is 0 Å². The first-order valence-electron chi connectivity index (χ1n) is 6.55. The van der Waals surface area contributed by atoms with Gasteiger partial charge in [-0.15, -0.1) is 0 Å². The molecule has 0 spiro atoms. The molecule has 3 rings (SSSR count). The third-order valence-electron chi connectivity index (χ3n) is 3.24. The van der Waals surface area contributed by atoms with Gasteiger partial charge in [0.15, 0.2) is 5.17 Å². The van der Waals surface area contributed by atoms with E-state index in [0.29, 0.717) is 0 Å². The summed E-state index contributed by atoms with van der Waals surface area (Å²) in [5, 5.41) is 5.98. The van der Waals surface area contributed by atoms with Gasteiger partial charge in [0, 0.05) is 23.4 Å². The maximum absolute atomic E-state index is 6.23. The zero-order valence-corrected chi connectivity index (χ0v) is 13.1. The predicted molar refractivity (Wildman–Crippen MR) is 92.4 cm³/mol. The van der Waals surface area contributed by atoms with Gasteiger partial charge in [-0.1, -0.05) is 65.8 Å². The molecule has 1 aliphatic rings. The summed E-state index contributed by atoms with van der Waals surface area (Å²) in [7, 11) is 1.76. The smallest absolute Gasteiger partial charge is 0.177 e. The number of aliphatic imine (C=N–C) groups is 1. The molecule has 106 valence electrons. The largest absolute Gasteiger partial charge is 0.265 e. The Morgan fingerprint density at radius 3 is 2.43 bits per heavy atom. The SMILES string of the molecule is CN=C1NN=C(c2ccc(-c3ccccc3Cl)cc2)CS1. The summed E-state index contributed by atoms with van der Waals surface area (Å²) in [6.07, 6.45) is 0. The number of hydrazone groups is 1. The number of nitrogens with zero attached hydrogens (tertiary/aromatic N) is 2. The van der Waals surface area contributed by atoms with Crippen LogP contribution in [0.2, 0.25) is 5.02 Å². The summed E-state index contributed by atoms with van der Waals surface area (Å²) in [5.41, 5.74) is 7.24. The zero-order chi connectivity index (χ0) is 14.7. The van der Waals surface area contributed by atoms with E-state index in [1.54, 1.807) is 18.8 Å². The second-order valence-corrected chi connectivity index (χ2v) is 5.92. The fourth-order valence-corrected chi connectivity index (χ4v) is 3.11. The maximum Gasteiger partial charge on any atom is 0.177 e. The molecule has 2 aromatic carbocycles. The highest BCUT2D eigenvalue weighted by Crippen LogP contribution is 2.28. The maximum atomic E-state index is 6.23. The van der Waals surface area contributed by atoms with Crippen LogP contribution in [-0.4, -0.2) is 23.7 Å². The number of rotatable bonds is 2. The molecular formula is C16H14ClN3S. The van der Waals surface area contributed by atoms with Gasteiger partial charge < -0.3 is 0 Å². The molecule has 0 unspecified atom stereocenters. The molecule has 0 aromatic heterocycles. The molecule has 5 heteroatoms. The highest BCUT2D eigenvalue weighted by Gasteiger charge is 2.12. The Hall–Kier alpha value is -1.78. The second-order valence-electron chi connectivity index (χ2n) is 4.54. The third-order valence-corrected chi connectivity index (χ3v) is 4.53. The summed E-state index contributed by atoms with van der Waals surface area (Å²) in [6, 6.07) is 16.2. The van der Waals surface area contributed by atoms with Gasteiger partial charge in [-0.2, -0.15) is 5.10 Å². The minimum Gasteiger partial charge on any atom is -0.265 e. The van der Waals surface area contributed by atoms with E-state index in [1.165, 1.54) is 0 Å². The molecule has 0 amide bonds. The first-order chi connectivity index (χ1) is 10.3. The normalized spacial score (nSPS) is 16.5. The third kappa shape index (κ3) is 3.12. The summed E-state index contributed by atoms with van der Waals surface area (Å²) in [5.74, 6) is 0.825. The number of hydrogen-bond donors (Lipinski definition) is 1. The van der Waals surface area contributed by atoms with E-state index >= 15 is 0 Å². The molecule has 1 heterocycles. The Labute approximate surface area is 133 Å². The fraction of sp³-hybridized carbons (Fsp3) is 0.125. The molecule has 0 saturated heterocycles. The van der Waals surface area contributed by atoms with Gasteiger partial charge in [-0.3, -0.25) is 10.4 Å². The van der Waals surface area contributed by atoms with Gasteiger partial charge in [-0.05, 0) is 17.2 Å². The van der Waals surface area contributed by atoms with E-state index in [9.17, 15) is 0 Å². The Morgan fingerprint density at radius 1 is 1.10 bits per heavy atom. The minimum atomic E-state index is 0.765. The van der Waals surface area contributed by atoms with Crippen LogP contribution < -0.4 is 5.43 Å². The van der Waals surface area contributed by atoms with Gasteiger partial charge in [0.05, 0.1) is 5.71 Å². The van der Waals surface area contributed by atoms with Gasteiger partial charge in [-0.25, -0.2) is 0 Å². The summed E-state index contributed by atoms with van der Waals surface area (Å²) in [4.78, 5) is 4.09. The van der Waals surface area contributed by atoms with Crippen molar-refractivity contribution in [1.82, 2.24) is 5.43 Å². The molecular weight excluding hydrogens is 302 g/mol. The molecule has 0 bridgehead atoms. The van der Waals surface area contributed by atoms with Gasteiger partial charge in [0.25, 0.3) is 0 Å². The van der Waals surface area contributed by atoms with Crippen LogP contribution in [0.25, 0.3) is 11.1 Å². The van der Waals surface area contributed by atoms with Crippen molar-refractivity contribution in [3.05, 3.63) is 59.1 Å². The van der Waals surface area contributed by atoms with Gasteiger partial charge in [0.2, 0.25) is 0 Å². The van der Waals surface area contributed by atoms with Crippen molar-refractivity contribution in [3.8, 4) is 11.1 Å². The average molecular weight is 316 g/mol. The second kappa shape index (κ2) is 6.33. The van der Waals surface area contributed by atoms with E-state index < -0.39 is 0 Å². The van der Waals surface area contributed by atoms with Crippen molar-refractivity contribution < 1.29 is 0 Å². The molecule has 0 atom stereocenters. The first kappa shape index (κ1) is 14.2. The lowest BCUT2D eigenvalue weighted by molar-refractivity contribution is 1.03. The first-order valence-corrected chi connectivity index (χ1v) is 7.92. The molecule has 2 aromatic rings. The van der Waals surface area contributed by atoms with E-state index in [0.717, 1.165) is 38.3 Å². The van der Waals surface area contributed by atoms with Crippen LogP contribution in [0.4, 0.5) is 0 Å². The van der Waals surface area contributed by atoms with E-state index in [2.05, 4.69) is 39.8 Å². The van der Waals surface area contributed by atoms with E-state index in [1.807, 2.05) is 24.3 Å². The Kier molecular flexibility index (Phi) is 4.27. The topological polar surface area (TPSA) is 36.8 Å². The van der Waals surface area contributed by atoms with Gasteiger partial charge in [0.1, 0.15) is 0 Å². The highest BCUT2D eigenvalue weighted by atomic mass is 35.5. The van der Waals surface area contributed by atoms with Crippen molar-refractivity contribution in [2.45, 2.75) is 0 Å². The molecule has 0 radical (unpaired) electrons. The van der Waals surface area contributed by atoms with E-state index in [-0.39, 0.29) is 0 Å². The van der Waals surface area contributed by atoms with Crippen LogP contribution in [0.1, 0.15) is 5.56 Å². The van der Waals surface area contributed by atoms with Crippen molar-refractivity contribution in [3.63, 3.8) is 0 Å². The minimum absolute atomic E-state index is 0.765. The number of amidine groups is 1. The Bertz CT molecular complexity index is 708. The molecule has 3 nitrogen and oxygen atoms in total. The van der Waals surface area contributed by atoms with Crippen molar-refractivity contribution in [1.29, 1.82) is 0 Å². The number of thioether (sulfide) groups is 1. The average Bonchev–Trinajstić information content (AvgIpc) is 2.56. The molecule has 0 saturated carbocycles. The number of hydrogen-bond acceptors (Lipinski definition) is 3. The molecule has 0 fully saturated rings. The molecule has 21 heavy (non-hydrogen) atoms. The Morgan fingerprint density at radius 2 is 1.81 bits per heavy atom. The quantitative estimate of drug-likeness (QED) is 0.908.